The second kappa shape index (κ2) is 7.84. The fourth-order valence-corrected chi connectivity index (χ4v) is 4.62. The second-order valence-corrected chi connectivity index (χ2v) is 7.90. The molecular formula is C20H20ClN3O2S. The highest BCUT2D eigenvalue weighted by Crippen LogP contribution is 2.28. The zero-order chi connectivity index (χ0) is 18.8. The maximum absolute atomic E-state index is 12.7. The molecule has 1 aliphatic heterocycles. The topological polar surface area (TPSA) is 57.8 Å². The maximum atomic E-state index is 12.7. The van der Waals surface area contributed by atoms with Crippen LogP contribution >= 0.6 is 22.9 Å². The Morgan fingerprint density at radius 1 is 1.41 bits per heavy atom. The minimum atomic E-state index is -0.566. The van der Waals surface area contributed by atoms with Crippen LogP contribution in [0.2, 0.25) is 5.15 Å². The Kier molecular flexibility index (Phi) is 5.29. The van der Waals surface area contributed by atoms with Gasteiger partial charge in [-0.2, -0.15) is 0 Å². The Hall–Kier alpha value is -2.15. The van der Waals surface area contributed by atoms with Gasteiger partial charge in [0, 0.05) is 30.2 Å². The van der Waals surface area contributed by atoms with Crippen LogP contribution in [-0.4, -0.2) is 37.9 Å². The van der Waals surface area contributed by atoms with Crippen molar-refractivity contribution in [2.24, 2.45) is 0 Å². The molecule has 0 saturated carbocycles. The number of amides is 1. The lowest BCUT2D eigenvalue weighted by molar-refractivity contribution is -0.127. The van der Waals surface area contributed by atoms with E-state index in [9.17, 15) is 9.90 Å². The van der Waals surface area contributed by atoms with Crippen molar-refractivity contribution in [2.75, 3.05) is 6.54 Å². The summed E-state index contributed by atoms with van der Waals surface area (Å²) in [7, 11) is 0. The predicted molar refractivity (Wildman–Crippen MR) is 108 cm³/mol. The number of fused-ring (bicyclic) bond motifs is 1. The van der Waals surface area contributed by atoms with E-state index in [1.807, 2.05) is 51.2 Å². The summed E-state index contributed by atoms with van der Waals surface area (Å²) in [5.41, 5.74) is 1.60. The lowest BCUT2D eigenvalue weighted by Crippen LogP contribution is -2.35. The highest BCUT2D eigenvalue weighted by atomic mass is 35.5. The van der Waals surface area contributed by atoms with E-state index >= 15 is 0 Å². The SMILES string of the molecule is O=C(/C=C\c1c(Cl)nc2sccn12)N1CCC[C@@H]1C[C@H](O)c1ccccc1. The Morgan fingerprint density at radius 3 is 3.04 bits per heavy atom. The number of hydrogen-bond acceptors (Lipinski definition) is 4. The number of nitrogens with zero attached hydrogens (tertiary/aromatic N) is 3. The number of benzene rings is 1. The first-order valence-corrected chi connectivity index (χ1v) is 10.2. The molecule has 2 aromatic heterocycles. The van der Waals surface area contributed by atoms with Gasteiger partial charge in [-0.1, -0.05) is 41.9 Å². The molecule has 1 saturated heterocycles. The van der Waals surface area contributed by atoms with Crippen LogP contribution in [-0.2, 0) is 4.79 Å². The van der Waals surface area contributed by atoms with Crippen LogP contribution in [0.25, 0.3) is 11.0 Å². The molecule has 3 aromatic rings. The van der Waals surface area contributed by atoms with Crippen LogP contribution in [0.3, 0.4) is 0 Å². The zero-order valence-corrected chi connectivity index (χ0v) is 16.2. The Balaban J connectivity index is 1.46. The molecule has 1 fully saturated rings. The van der Waals surface area contributed by atoms with Crippen molar-refractivity contribution in [3.05, 3.63) is 64.4 Å². The first-order chi connectivity index (χ1) is 13.1. The maximum Gasteiger partial charge on any atom is 0.246 e. The number of hydrogen-bond donors (Lipinski definition) is 1. The third-order valence-electron chi connectivity index (χ3n) is 4.98. The number of imidazole rings is 1. The highest BCUT2D eigenvalue weighted by Gasteiger charge is 2.29. The van der Waals surface area contributed by atoms with Crippen molar-refractivity contribution in [1.29, 1.82) is 0 Å². The molecule has 7 heteroatoms. The van der Waals surface area contributed by atoms with Gasteiger partial charge in [-0.05, 0) is 30.9 Å². The average molecular weight is 402 g/mol. The van der Waals surface area contributed by atoms with Crippen molar-refractivity contribution in [3.63, 3.8) is 0 Å². The van der Waals surface area contributed by atoms with Gasteiger partial charge in [-0.25, -0.2) is 4.98 Å². The number of aromatic nitrogens is 2. The van der Waals surface area contributed by atoms with E-state index in [2.05, 4.69) is 4.98 Å². The van der Waals surface area contributed by atoms with Crippen molar-refractivity contribution < 1.29 is 9.90 Å². The van der Waals surface area contributed by atoms with E-state index in [1.54, 1.807) is 12.2 Å². The Morgan fingerprint density at radius 2 is 2.22 bits per heavy atom. The number of halogens is 1. The quantitative estimate of drug-likeness (QED) is 0.652. The van der Waals surface area contributed by atoms with Crippen molar-refractivity contribution in [3.8, 4) is 0 Å². The van der Waals surface area contributed by atoms with Gasteiger partial charge in [0.05, 0.1) is 11.8 Å². The Bertz CT molecular complexity index is 966. The van der Waals surface area contributed by atoms with Gasteiger partial charge in [0.25, 0.3) is 0 Å². The van der Waals surface area contributed by atoms with Gasteiger partial charge in [-0.15, -0.1) is 11.3 Å². The molecule has 0 radical (unpaired) electrons. The summed E-state index contributed by atoms with van der Waals surface area (Å²) in [5, 5.41) is 12.8. The molecule has 5 nitrogen and oxygen atoms in total. The lowest BCUT2D eigenvalue weighted by Gasteiger charge is -2.25. The molecule has 0 aliphatic carbocycles. The third-order valence-corrected chi connectivity index (χ3v) is 6.01. The van der Waals surface area contributed by atoms with Crippen molar-refractivity contribution in [2.45, 2.75) is 31.4 Å². The predicted octanol–water partition coefficient (Wildman–Crippen LogP) is 4.18. The standard InChI is InChI=1S/C20H20ClN3O2S/c21-19-16(24-11-12-27-20(24)22-19)8-9-18(26)23-10-4-7-15(23)13-17(25)14-5-2-1-3-6-14/h1-3,5-6,8-9,11-12,15,17,25H,4,7,10,13H2/b9-8-/t15-,17+/m1/s1. The zero-order valence-electron chi connectivity index (χ0n) is 14.7. The van der Waals surface area contributed by atoms with Gasteiger partial charge in [0.1, 0.15) is 0 Å². The van der Waals surface area contributed by atoms with E-state index < -0.39 is 6.10 Å². The molecular weight excluding hydrogens is 382 g/mol. The molecule has 1 N–H and O–H groups in total. The summed E-state index contributed by atoms with van der Waals surface area (Å²) >= 11 is 7.68. The minimum absolute atomic E-state index is 0.0411. The van der Waals surface area contributed by atoms with E-state index in [1.165, 1.54) is 11.3 Å². The summed E-state index contributed by atoms with van der Waals surface area (Å²) < 4.78 is 1.87. The van der Waals surface area contributed by atoms with Crippen LogP contribution in [0.4, 0.5) is 0 Å². The summed E-state index contributed by atoms with van der Waals surface area (Å²) in [6.07, 6.45) is 7.01. The summed E-state index contributed by atoms with van der Waals surface area (Å²) in [4.78, 5) is 19.7. The van der Waals surface area contributed by atoms with E-state index in [0.717, 1.165) is 23.4 Å². The fourth-order valence-electron chi connectivity index (χ4n) is 3.61. The van der Waals surface area contributed by atoms with Crippen LogP contribution < -0.4 is 0 Å². The Labute approximate surface area is 166 Å². The number of thiazole rings is 1. The molecule has 2 atom stereocenters. The first kappa shape index (κ1) is 18.2. The number of aliphatic hydroxyl groups excluding tert-OH is 1. The number of likely N-dealkylation sites (tertiary alicyclic amines) is 1. The largest absolute Gasteiger partial charge is 0.388 e. The van der Waals surface area contributed by atoms with Gasteiger partial charge in [0.15, 0.2) is 10.1 Å². The normalized spacial score (nSPS) is 18.6. The van der Waals surface area contributed by atoms with E-state index in [-0.39, 0.29) is 11.9 Å². The second-order valence-electron chi connectivity index (χ2n) is 6.67. The molecule has 1 amide bonds. The number of carbonyl (C=O) groups excluding carboxylic acids is 1. The van der Waals surface area contributed by atoms with Gasteiger partial charge in [-0.3, -0.25) is 9.20 Å². The van der Waals surface area contributed by atoms with Gasteiger partial charge >= 0.3 is 0 Å². The average Bonchev–Trinajstić information content (AvgIpc) is 3.37. The van der Waals surface area contributed by atoms with Gasteiger partial charge in [0.2, 0.25) is 5.91 Å². The molecule has 0 spiro atoms. The number of carbonyl (C=O) groups is 1. The molecule has 0 unspecified atom stereocenters. The molecule has 27 heavy (non-hydrogen) atoms. The van der Waals surface area contributed by atoms with E-state index in [0.29, 0.717) is 23.8 Å². The van der Waals surface area contributed by atoms with Crippen LogP contribution in [0.5, 0.6) is 0 Å². The fraction of sp³-hybridized carbons (Fsp3) is 0.300. The summed E-state index contributed by atoms with van der Waals surface area (Å²) in [6.45, 7) is 0.712. The minimum Gasteiger partial charge on any atom is -0.388 e. The summed E-state index contributed by atoms with van der Waals surface area (Å²) in [5.74, 6) is -0.0565. The molecule has 4 rings (SSSR count). The first-order valence-electron chi connectivity index (χ1n) is 8.96. The van der Waals surface area contributed by atoms with Crippen molar-refractivity contribution >= 4 is 39.9 Å². The number of aliphatic hydroxyl groups is 1. The van der Waals surface area contributed by atoms with Gasteiger partial charge < -0.3 is 10.0 Å². The summed E-state index contributed by atoms with van der Waals surface area (Å²) in [6, 6.07) is 9.63. The van der Waals surface area contributed by atoms with Crippen LogP contribution in [0.1, 0.15) is 36.6 Å². The molecule has 1 aliphatic rings. The smallest absolute Gasteiger partial charge is 0.246 e. The highest BCUT2D eigenvalue weighted by molar-refractivity contribution is 7.15. The third kappa shape index (κ3) is 3.78. The van der Waals surface area contributed by atoms with Crippen LogP contribution in [0.15, 0.2) is 48.0 Å². The monoisotopic (exact) mass is 401 g/mol. The molecule has 3 heterocycles. The molecule has 0 bridgehead atoms. The van der Waals surface area contributed by atoms with E-state index in [4.69, 9.17) is 11.6 Å². The molecule has 1 aromatic carbocycles. The van der Waals surface area contributed by atoms with Crippen LogP contribution in [0, 0.1) is 0 Å². The van der Waals surface area contributed by atoms with Crippen molar-refractivity contribution in [1.82, 2.24) is 14.3 Å². The molecule has 140 valence electrons. The lowest BCUT2D eigenvalue weighted by atomic mass is 10.0. The number of rotatable bonds is 5.